The summed E-state index contributed by atoms with van der Waals surface area (Å²) in [5.41, 5.74) is 5.54. The average Bonchev–Trinajstić information content (AvgIpc) is 3.07. The van der Waals surface area contributed by atoms with Gasteiger partial charge in [0, 0.05) is 19.6 Å². The van der Waals surface area contributed by atoms with Crippen LogP contribution in [0.25, 0.3) is 0 Å². The molecule has 21 heavy (non-hydrogen) atoms. The molecule has 0 amide bonds. The zero-order chi connectivity index (χ0) is 15.6. The topological polar surface area (TPSA) is 66.6 Å². The Bertz CT molecular complexity index is 612. The molecule has 1 saturated heterocycles. The van der Waals surface area contributed by atoms with Gasteiger partial charge in [0.1, 0.15) is 9.20 Å². The highest BCUT2D eigenvalue weighted by Crippen LogP contribution is 2.26. The standard InChI is InChI=1S/C13H21N3O2S3/c1-3-16-8-4-5-10(16)9-15(2)21(17,18)12-7-6-11(20-12)13(14)19/h6-7,10H,3-5,8-9H2,1-2H3,(H2,14,19). The van der Waals surface area contributed by atoms with Crippen molar-refractivity contribution in [1.29, 1.82) is 0 Å². The van der Waals surface area contributed by atoms with Gasteiger partial charge in [-0.05, 0) is 38.1 Å². The van der Waals surface area contributed by atoms with Crippen molar-refractivity contribution in [3.05, 3.63) is 17.0 Å². The van der Waals surface area contributed by atoms with E-state index in [1.807, 2.05) is 0 Å². The van der Waals surface area contributed by atoms with E-state index in [9.17, 15) is 8.42 Å². The predicted molar refractivity (Wildman–Crippen MR) is 90.3 cm³/mol. The number of thiophene rings is 1. The largest absolute Gasteiger partial charge is 0.389 e. The van der Waals surface area contributed by atoms with E-state index in [-0.39, 0.29) is 4.99 Å². The molecule has 0 aromatic carbocycles. The minimum Gasteiger partial charge on any atom is -0.389 e. The number of likely N-dealkylation sites (N-methyl/N-ethyl adjacent to an activating group) is 2. The lowest BCUT2D eigenvalue weighted by molar-refractivity contribution is 0.238. The van der Waals surface area contributed by atoms with E-state index in [2.05, 4.69) is 11.8 Å². The van der Waals surface area contributed by atoms with Crippen molar-refractivity contribution >= 4 is 38.6 Å². The molecule has 0 spiro atoms. The molecule has 2 heterocycles. The van der Waals surface area contributed by atoms with Gasteiger partial charge in [-0.1, -0.05) is 19.1 Å². The maximum Gasteiger partial charge on any atom is 0.252 e. The lowest BCUT2D eigenvalue weighted by Gasteiger charge is -2.27. The Balaban J connectivity index is 2.12. The van der Waals surface area contributed by atoms with Gasteiger partial charge < -0.3 is 5.73 Å². The quantitative estimate of drug-likeness (QED) is 0.790. The van der Waals surface area contributed by atoms with Gasteiger partial charge in [0.05, 0.1) is 4.88 Å². The van der Waals surface area contributed by atoms with Crippen molar-refractivity contribution in [2.75, 3.05) is 26.7 Å². The predicted octanol–water partition coefficient (Wildman–Crippen LogP) is 1.49. The zero-order valence-electron chi connectivity index (χ0n) is 12.3. The molecule has 0 bridgehead atoms. The minimum absolute atomic E-state index is 0.233. The molecule has 2 N–H and O–H groups in total. The van der Waals surface area contributed by atoms with Gasteiger partial charge in [0.15, 0.2) is 0 Å². The first-order chi connectivity index (χ1) is 9.86. The van der Waals surface area contributed by atoms with Crippen LogP contribution in [-0.2, 0) is 10.0 Å². The summed E-state index contributed by atoms with van der Waals surface area (Å²) in [6.45, 7) is 4.65. The van der Waals surface area contributed by atoms with Crippen molar-refractivity contribution in [2.24, 2.45) is 5.73 Å². The fourth-order valence-corrected chi connectivity index (χ4v) is 5.43. The maximum absolute atomic E-state index is 12.6. The van der Waals surface area contributed by atoms with Crippen LogP contribution in [0, 0.1) is 0 Å². The van der Waals surface area contributed by atoms with E-state index < -0.39 is 10.0 Å². The summed E-state index contributed by atoms with van der Waals surface area (Å²) < 4.78 is 26.9. The Hall–Kier alpha value is -0.540. The van der Waals surface area contributed by atoms with Crippen molar-refractivity contribution < 1.29 is 8.42 Å². The van der Waals surface area contributed by atoms with Gasteiger partial charge in [-0.15, -0.1) is 11.3 Å². The molecule has 0 saturated carbocycles. The van der Waals surface area contributed by atoms with Crippen LogP contribution in [0.1, 0.15) is 24.6 Å². The van der Waals surface area contributed by atoms with E-state index in [1.165, 1.54) is 4.31 Å². The Morgan fingerprint density at radius 3 is 2.86 bits per heavy atom. The average molecular weight is 348 g/mol. The number of hydrogen-bond acceptors (Lipinski definition) is 5. The molecule has 1 aliphatic heterocycles. The second-order valence-corrected chi connectivity index (χ2v) is 8.99. The SMILES string of the molecule is CCN1CCCC1CN(C)S(=O)(=O)c1ccc(C(N)=S)s1. The summed E-state index contributed by atoms with van der Waals surface area (Å²) in [6.07, 6.45) is 2.19. The fourth-order valence-electron chi connectivity index (χ4n) is 2.66. The maximum atomic E-state index is 12.6. The Kier molecular flexibility index (Phi) is 5.37. The van der Waals surface area contributed by atoms with Gasteiger partial charge in [-0.3, -0.25) is 4.90 Å². The summed E-state index contributed by atoms with van der Waals surface area (Å²) in [5, 5.41) is 0. The number of nitrogens with zero attached hydrogens (tertiary/aromatic N) is 2. The van der Waals surface area contributed by atoms with Gasteiger partial charge >= 0.3 is 0 Å². The van der Waals surface area contributed by atoms with Crippen LogP contribution in [0.15, 0.2) is 16.3 Å². The molecule has 8 heteroatoms. The monoisotopic (exact) mass is 347 g/mol. The van der Waals surface area contributed by atoms with Crippen LogP contribution in [0.3, 0.4) is 0 Å². The molecule has 1 unspecified atom stereocenters. The highest BCUT2D eigenvalue weighted by Gasteiger charge is 2.30. The number of thiocarbonyl (C=S) groups is 1. The molecular formula is C13H21N3O2S3. The molecule has 1 aliphatic rings. The highest BCUT2D eigenvalue weighted by molar-refractivity contribution is 7.91. The van der Waals surface area contributed by atoms with E-state index in [1.54, 1.807) is 19.2 Å². The molecule has 1 fully saturated rings. The zero-order valence-corrected chi connectivity index (χ0v) is 14.7. The van der Waals surface area contributed by atoms with Gasteiger partial charge in [0.2, 0.25) is 0 Å². The number of nitrogens with two attached hydrogens (primary N) is 1. The number of hydrogen-bond donors (Lipinski definition) is 1. The van der Waals surface area contributed by atoms with Gasteiger partial charge in [-0.2, -0.15) is 4.31 Å². The number of likely N-dealkylation sites (tertiary alicyclic amines) is 1. The lowest BCUT2D eigenvalue weighted by Crippen LogP contribution is -2.40. The van der Waals surface area contributed by atoms with E-state index in [4.69, 9.17) is 18.0 Å². The third kappa shape index (κ3) is 3.62. The van der Waals surface area contributed by atoms with Crippen LogP contribution in [0.4, 0.5) is 0 Å². The smallest absolute Gasteiger partial charge is 0.252 e. The fraction of sp³-hybridized carbons (Fsp3) is 0.615. The van der Waals surface area contributed by atoms with Crippen molar-refractivity contribution in [3.63, 3.8) is 0 Å². The van der Waals surface area contributed by atoms with Crippen molar-refractivity contribution in [1.82, 2.24) is 9.21 Å². The Morgan fingerprint density at radius 1 is 1.57 bits per heavy atom. The normalized spacial score (nSPS) is 20.2. The molecule has 1 aromatic rings. The second-order valence-electron chi connectivity index (χ2n) is 5.19. The third-order valence-corrected chi connectivity index (χ3v) is 7.62. The van der Waals surface area contributed by atoms with Crippen LogP contribution in [-0.4, -0.2) is 55.3 Å². The first-order valence-corrected chi connectivity index (χ1v) is 9.62. The Morgan fingerprint density at radius 2 is 2.29 bits per heavy atom. The highest BCUT2D eigenvalue weighted by atomic mass is 32.2. The van der Waals surface area contributed by atoms with E-state index >= 15 is 0 Å². The molecule has 1 aromatic heterocycles. The molecule has 118 valence electrons. The summed E-state index contributed by atoms with van der Waals surface area (Å²) in [6, 6.07) is 3.56. The van der Waals surface area contributed by atoms with Crippen LogP contribution in [0.5, 0.6) is 0 Å². The lowest BCUT2D eigenvalue weighted by atomic mass is 10.2. The van der Waals surface area contributed by atoms with Crippen LogP contribution in [0.2, 0.25) is 0 Å². The van der Waals surface area contributed by atoms with Gasteiger partial charge in [0.25, 0.3) is 10.0 Å². The summed E-state index contributed by atoms with van der Waals surface area (Å²) in [4.78, 5) is 3.20. The minimum atomic E-state index is -3.46. The van der Waals surface area contributed by atoms with Crippen molar-refractivity contribution in [3.8, 4) is 0 Å². The van der Waals surface area contributed by atoms with E-state index in [0.717, 1.165) is 37.3 Å². The third-order valence-electron chi connectivity index (χ3n) is 3.86. The first-order valence-electron chi connectivity index (χ1n) is 6.96. The summed E-state index contributed by atoms with van der Waals surface area (Å²) in [7, 11) is -1.82. The first kappa shape index (κ1) is 16.8. The van der Waals surface area contributed by atoms with Crippen LogP contribution < -0.4 is 5.73 Å². The molecule has 2 rings (SSSR count). The Labute approximate surface area is 135 Å². The summed E-state index contributed by atoms with van der Waals surface area (Å²) >= 11 is 6.02. The number of rotatable bonds is 6. The van der Waals surface area contributed by atoms with Crippen LogP contribution >= 0.6 is 23.6 Å². The van der Waals surface area contributed by atoms with E-state index in [0.29, 0.717) is 21.7 Å². The van der Waals surface area contributed by atoms with Gasteiger partial charge in [-0.25, -0.2) is 8.42 Å². The molecule has 0 aliphatic carbocycles. The summed E-state index contributed by atoms with van der Waals surface area (Å²) in [5.74, 6) is 0. The van der Waals surface area contributed by atoms with Crippen molar-refractivity contribution in [2.45, 2.75) is 30.0 Å². The molecule has 5 nitrogen and oxygen atoms in total. The number of sulfonamides is 1. The molecular weight excluding hydrogens is 326 g/mol. The second kappa shape index (κ2) is 6.70. The molecule has 0 radical (unpaired) electrons. The molecule has 1 atom stereocenters.